The van der Waals surface area contributed by atoms with Crippen LogP contribution in [0.1, 0.15) is 29.9 Å². The first-order valence-corrected chi connectivity index (χ1v) is 9.34. The molecule has 0 atom stereocenters. The highest BCUT2D eigenvalue weighted by Crippen LogP contribution is 2.29. The predicted molar refractivity (Wildman–Crippen MR) is 105 cm³/mol. The molecule has 0 saturated heterocycles. The summed E-state index contributed by atoms with van der Waals surface area (Å²) in [5, 5.41) is 8.73. The average molecular weight is 372 g/mol. The zero-order valence-electron chi connectivity index (χ0n) is 15.9. The Hall–Kier alpha value is -3.53. The van der Waals surface area contributed by atoms with E-state index in [0.717, 1.165) is 52.4 Å². The van der Waals surface area contributed by atoms with Crippen molar-refractivity contribution in [2.45, 2.75) is 25.8 Å². The maximum atomic E-state index is 5.65. The fourth-order valence-electron chi connectivity index (χ4n) is 3.71. The molecular formula is C21H20N6O. The summed E-state index contributed by atoms with van der Waals surface area (Å²) in [4.78, 5) is 4.51. The summed E-state index contributed by atoms with van der Waals surface area (Å²) in [5.74, 6) is 8.41. The van der Waals surface area contributed by atoms with E-state index in [-0.39, 0.29) is 0 Å². The van der Waals surface area contributed by atoms with Crippen LogP contribution in [0, 0.1) is 11.8 Å². The molecule has 1 aliphatic rings. The van der Waals surface area contributed by atoms with Gasteiger partial charge in [-0.3, -0.25) is 4.68 Å². The highest BCUT2D eigenvalue weighted by molar-refractivity contribution is 5.75. The molecular weight excluding hydrogens is 352 g/mol. The van der Waals surface area contributed by atoms with Gasteiger partial charge in [0.25, 0.3) is 0 Å². The minimum Gasteiger partial charge on any atom is -0.494 e. The van der Waals surface area contributed by atoms with Crippen molar-refractivity contribution >= 4 is 5.52 Å². The van der Waals surface area contributed by atoms with Crippen LogP contribution in [0.15, 0.2) is 37.1 Å². The van der Waals surface area contributed by atoms with Crippen molar-refractivity contribution in [3.63, 3.8) is 0 Å². The number of ether oxygens (including phenoxy) is 1. The number of hydrogen-bond donors (Lipinski definition) is 0. The number of aromatic nitrogens is 6. The number of methoxy groups -OCH3 is 1. The van der Waals surface area contributed by atoms with E-state index in [1.165, 1.54) is 12.8 Å². The number of fused-ring (bicyclic) bond motifs is 2. The molecule has 0 aliphatic carbocycles. The molecule has 5 heterocycles. The lowest BCUT2D eigenvalue weighted by molar-refractivity contribution is 0.417. The first-order valence-electron chi connectivity index (χ1n) is 9.34. The third kappa shape index (κ3) is 2.74. The van der Waals surface area contributed by atoms with E-state index in [0.29, 0.717) is 0 Å². The number of pyridine rings is 1. The van der Waals surface area contributed by atoms with Crippen molar-refractivity contribution in [2.24, 2.45) is 7.05 Å². The van der Waals surface area contributed by atoms with Crippen molar-refractivity contribution in [2.75, 3.05) is 7.11 Å². The van der Waals surface area contributed by atoms with Gasteiger partial charge in [0.1, 0.15) is 22.8 Å². The number of imidazole rings is 1. The minimum absolute atomic E-state index is 0.735. The molecule has 5 rings (SSSR count). The van der Waals surface area contributed by atoms with Gasteiger partial charge >= 0.3 is 0 Å². The largest absolute Gasteiger partial charge is 0.494 e. The second-order valence-corrected chi connectivity index (χ2v) is 6.97. The van der Waals surface area contributed by atoms with Gasteiger partial charge in [-0.2, -0.15) is 10.2 Å². The SMILES string of the molecule is COc1cc(-c2cnn(C)c2)cn2ncc(C#Cc3cnc4n3CCCC4)c12. The highest BCUT2D eigenvalue weighted by atomic mass is 16.5. The van der Waals surface area contributed by atoms with Gasteiger partial charge in [0.05, 0.1) is 31.3 Å². The topological polar surface area (TPSA) is 62.2 Å². The lowest BCUT2D eigenvalue weighted by Crippen LogP contribution is -2.11. The Kier molecular flexibility index (Phi) is 3.90. The Morgan fingerprint density at radius 2 is 1.96 bits per heavy atom. The van der Waals surface area contributed by atoms with E-state index >= 15 is 0 Å². The molecule has 4 aromatic heterocycles. The minimum atomic E-state index is 0.735. The van der Waals surface area contributed by atoms with Crippen LogP contribution in [0.5, 0.6) is 5.75 Å². The third-order valence-corrected chi connectivity index (χ3v) is 5.13. The molecule has 0 N–H and O–H groups in total. The average Bonchev–Trinajstić information content (AvgIpc) is 3.44. The molecule has 7 nitrogen and oxygen atoms in total. The van der Waals surface area contributed by atoms with Gasteiger partial charge in [0, 0.05) is 43.5 Å². The zero-order valence-corrected chi connectivity index (χ0v) is 15.9. The molecule has 0 saturated carbocycles. The molecule has 0 amide bonds. The van der Waals surface area contributed by atoms with Crippen LogP contribution in [-0.4, -0.2) is 36.1 Å². The molecule has 0 bridgehead atoms. The van der Waals surface area contributed by atoms with Crippen molar-refractivity contribution in [3.8, 4) is 28.7 Å². The molecule has 0 fully saturated rings. The van der Waals surface area contributed by atoms with Gasteiger partial charge in [-0.25, -0.2) is 9.50 Å². The van der Waals surface area contributed by atoms with E-state index in [1.807, 2.05) is 42.4 Å². The Morgan fingerprint density at radius 3 is 2.79 bits per heavy atom. The van der Waals surface area contributed by atoms with Crippen molar-refractivity contribution in [1.29, 1.82) is 0 Å². The van der Waals surface area contributed by atoms with Crippen LogP contribution in [0.4, 0.5) is 0 Å². The first kappa shape index (κ1) is 16.6. The molecule has 0 unspecified atom stereocenters. The molecule has 0 spiro atoms. The van der Waals surface area contributed by atoms with E-state index in [2.05, 4.69) is 31.6 Å². The molecule has 1 aliphatic heterocycles. The van der Waals surface area contributed by atoms with Gasteiger partial charge in [-0.15, -0.1) is 0 Å². The van der Waals surface area contributed by atoms with Crippen LogP contribution in [0.2, 0.25) is 0 Å². The Balaban J connectivity index is 1.57. The lowest BCUT2D eigenvalue weighted by Gasteiger charge is -2.13. The normalized spacial score (nSPS) is 13.2. The van der Waals surface area contributed by atoms with E-state index in [1.54, 1.807) is 18.0 Å². The highest BCUT2D eigenvalue weighted by Gasteiger charge is 2.14. The Bertz CT molecular complexity index is 1230. The summed E-state index contributed by atoms with van der Waals surface area (Å²) in [7, 11) is 3.57. The van der Waals surface area contributed by atoms with Gasteiger partial charge in [-0.05, 0) is 24.8 Å². The molecule has 4 aromatic rings. The fourth-order valence-corrected chi connectivity index (χ4v) is 3.71. The summed E-state index contributed by atoms with van der Waals surface area (Å²) < 4.78 is 11.5. The van der Waals surface area contributed by atoms with Crippen molar-refractivity contribution in [3.05, 3.63) is 54.1 Å². The van der Waals surface area contributed by atoms with Crippen LogP contribution in [0.3, 0.4) is 0 Å². The molecule has 0 radical (unpaired) electrons. The van der Waals surface area contributed by atoms with Crippen LogP contribution < -0.4 is 4.74 Å². The van der Waals surface area contributed by atoms with Crippen LogP contribution in [-0.2, 0) is 20.0 Å². The van der Waals surface area contributed by atoms with Crippen LogP contribution >= 0.6 is 0 Å². The number of nitrogens with zero attached hydrogens (tertiary/aromatic N) is 6. The predicted octanol–water partition coefficient (Wildman–Crippen LogP) is 2.68. The maximum Gasteiger partial charge on any atom is 0.146 e. The van der Waals surface area contributed by atoms with Gasteiger partial charge in [0.15, 0.2) is 0 Å². The van der Waals surface area contributed by atoms with E-state index < -0.39 is 0 Å². The monoisotopic (exact) mass is 372 g/mol. The van der Waals surface area contributed by atoms with E-state index in [4.69, 9.17) is 4.74 Å². The Labute approximate surface area is 162 Å². The van der Waals surface area contributed by atoms with Gasteiger partial charge in [0.2, 0.25) is 0 Å². The summed E-state index contributed by atoms with van der Waals surface area (Å²) in [6.07, 6.45) is 12.8. The molecule has 28 heavy (non-hydrogen) atoms. The van der Waals surface area contributed by atoms with Gasteiger partial charge < -0.3 is 9.30 Å². The van der Waals surface area contributed by atoms with Crippen molar-refractivity contribution < 1.29 is 4.74 Å². The standard InChI is InChI=1S/C21H20N6O/c1-25-13-17(11-23-25)16-9-19(28-2)21-15(10-24-27(21)14-16)6-7-18-12-22-20-5-3-4-8-26(18)20/h9-14H,3-5,8H2,1-2H3. The summed E-state index contributed by atoms with van der Waals surface area (Å²) in [6, 6.07) is 2.00. The van der Waals surface area contributed by atoms with Crippen molar-refractivity contribution in [1.82, 2.24) is 28.9 Å². The smallest absolute Gasteiger partial charge is 0.146 e. The summed E-state index contributed by atoms with van der Waals surface area (Å²) in [5.41, 5.74) is 4.66. The Morgan fingerprint density at radius 1 is 1.04 bits per heavy atom. The number of hydrogen-bond acceptors (Lipinski definition) is 4. The summed E-state index contributed by atoms with van der Waals surface area (Å²) >= 11 is 0. The van der Waals surface area contributed by atoms with E-state index in [9.17, 15) is 0 Å². The lowest BCUT2D eigenvalue weighted by atomic mass is 10.1. The second-order valence-electron chi connectivity index (χ2n) is 6.97. The second kappa shape index (κ2) is 6.57. The molecule has 7 heteroatoms. The molecule has 0 aromatic carbocycles. The van der Waals surface area contributed by atoms with Gasteiger partial charge in [-0.1, -0.05) is 5.92 Å². The summed E-state index contributed by atoms with van der Waals surface area (Å²) in [6.45, 7) is 0.992. The maximum absolute atomic E-state index is 5.65. The third-order valence-electron chi connectivity index (χ3n) is 5.13. The fraction of sp³-hybridized carbons (Fsp3) is 0.286. The quantitative estimate of drug-likeness (QED) is 0.508. The number of aryl methyl sites for hydroxylation is 2. The number of rotatable bonds is 2. The zero-order chi connectivity index (χ0) is 19.1. The molecule has 140 valence electrons. The first-order chi connectivity index (χ1) is 13.7. The van der Waals surface area contributed by atoms with Crippen LogP contribution in [0.25, 0.3) is 16.6 Å².